The molecular weight excluding hydrogens is 357 g/mol. The standard InChI is InChI=1S/C14H17N5OS.2ClH/c15-7-13-18-11(9-21-13)14(20)17-10-3-4-12(16-8-10)19-5-1-2-6-19;;/h3-4,8-9H,1-2,5-7,15H2,(H,17,20);2*1H. The Labute approximate surface area is 151 Å². The number of pyridine rings is 1. The first-order chi connectivity index (χ1) is 10.3. The number of nitrogens with one attached hydrogen (secondary N) is 1. The molecule has 3 rings (SSSR count). The summed E-state index contributed by atoms with van der Waals surface area (Å²) in [4.78, 5) is 22.8. The van der Waals surface area contributed by atoms with Gasteiger partial charge in [-0.25, -0.2) is 9.97 Å². The van der Waals surface area contributed by atoms with E-state index in [1.807, 2.05) is 12.1 Å². The molecule has 0 saturated carbocycles. The van der Waals surface area contributed by atoms with E-state index in [2.05, 4.69) is 20.2 Å². The number of rotatable bonds is 4. The second-order valence-electron chi connectivity index (χ2n) is 4.88. The maximum absolute atomic E-state index is 12.0. The van der Waals surface area contributed by atoms with Gasteiger partial charge in [0.15, 0.2) is 0 Å². The van der Waals surface area contributed by atoms with Crippen LogP contribution in [-0.4, -0.2) is 29.0 Å². The Morgan fingerprint density at radius 3 is 2.61 bits per heavy atom. The molecule has 23 heavy (non-hydrogen) atoms. The lowest BCUT2D eigenvalue weighted by atomic mass is 10.3. The van der Waals surface area contributed by atoms with Crippen LogP contribution in [0.25, 0.3) is 0 Å². The Hall–Kier alpha value is -1.41. The number of carbonyl (C=O) groups excluding carboxylic acids is 1. The SMILES string of the molecule is Cl.Cl.NCc1nc(C(=O)Nc2ccc(N3CCCC3)nc2)cs1. The number of amides is 1. The molecule has 126 valence electrons. The zero-order valence-corrected chi connectivity index (χ0v) is 14.8. The number of carbonyl (C=O) groups is 1. The number of halogens is 2. The van der Waals surface area contributed by atoms with Gasteiger partial charge >= 0.3 is 0 Å². The average Bonchev–Trinajstić information content (AvgIpc) is 3.19. The maximum Gasteiger partial charge on any atom is 0.275 e. The van der Waals surface area contributed by atoms with Gasteiger partial charge < -0.3 is 16.0 Å². The van der Waals surface area contributed by atoms with Crippen LogP contribution < -0.4 is 16.0 Å². The third-order valence-electron chi connectivity index (χ3n) is 3.39. The van der Waals surface area contributed by atoms with Gasteiger partial charge in [-0.05, 0) is 25.0 Å². The summed E-state index contributed by atoms with van der Waals surface area (Å²) in [6, 6.07) is 3.81. The Kier molecular flexibility index (Phi) is 7.70. The van der Waals surface area contributed by atoms with Crippen molar-refractivity contribution in [1.29, 1.82) is 0 Å². The molecule has 0 spiro atoms. The van der Waals surface area contributed by atoms with Crippen molar-refractivity contribution in [3.05, 3.63) is 34.4 Å². The molecule has 6 nitrogen and oxygen atoms in total. The zero-order chi connectivity index (χ0) is 14.7. The van der Waals surface area contributed by atoms with Crippen molar-refractivity contribution < 1.29 is 4.79 Å². The Morgan fingerprint density at radius 1 is 1.30 bits per heavy atom. The summed E-state index contributed by atoms with van der Waals surface area (Å²) in [5.74, 6) is 0.728. The van der Waals surface area contributed by atoms with Crippen LogP contribution in [0.15, 0.2) is 23.7 Å². The first-order valence-corrected chi connectivity index (χ1v) is 7.81. The highest BCUT2D eigenvalue weighted by Crippen LogP contribution is 2.19. The zero-order valence-electron chi connectivity index (χ0n) is 12.4. The number of nitrogens with two attached hydrogens (primary N) is 1. The molecule has 0 aromatic carbocycles. The van der Waals surface area contributed by atoms with Crippen molar-refractivity contribution in [1.82, 2.24) is 9.97 Å². The van der Waals surface area contributed by atoms with E-state index < -0.39 is 0 Å². The van der Waals surface area contributed by atoms with Crippen molar-refractivity contribution in [2.45, 2.75) is 19.4 Å². The minimum absolute atomic E-state index is 0. The first kappa shape index (κ1) is 19.6. The molecule has 2 aromatic rings. The van der Waals surface area contributed by atoms with Crippen LogP contribution in [0.4, 0.5) is 11.5 Å². The van der Waals surface area contributed by atoms with E-state index in [1.165, 1.54) is 24.2 Å². The molecule has 1 aliphatic heterocycles. The van der Waals surface area contributed by atoms with E-state index in [0.29, 0.717) is 17.9 Å². The first-order valence-electron chi connectivity index (χ1n) is 6.93. The minimum atomic E-state index is -0.235. The molecule has 0 radical (unpaired) electrons. The number of hydrogen-bond donors (Lipinski definition) is 2. The van der Waals surface area contributed by atoms with Crippen molar-refractivity contribution in [2.24, 2.45) is 5.73 Å². The van der Waals surface area contributed by atoms with Crippen LogP contribution in [0.2, 0.25) is 0 Å². The molecule has 3 N–H and O–H groups in total. The van der Waals surface area contributed by atoms with Crippen molar-refractivity contribution in [2.75, 3.05) is 23.3 Å². The molecule has 1 aliphatic rings. The summed E-state index contributed by atoms with van der Waals surface area (Å²) in [5, 5.41) is 5.26. The molecule has 0 bridgehead atoms. The summed E-state index contributed by atoms with van der Waals surface area (Å²) in [6.45, 7) is 2.46. The van der Waals surface area contributed by atoms with Gasteiger partial charge in [-0.3, -0.25) is 4.79 Å². The highest BCUT2D eigenvalue weighted by Gasteiger charge is 2.14. The minimum Gasteiger partial charge on any atom is -0.357 e. The fourth-order valence-corrected chi connectivity index (χ4v) is 2.95. The summed E-state index contributed by atoms with van der Waals surface area (Å²) in [6.07, 6.45) is 4.11. The van der Waals surface area contributed by atoms with E-state index in [1.54, 1.807) is 11.6 Å². The Bertz CT molecular complexity index is 628. The normalized spacial score (nSPS) is 13.2. The number of nitrogens with zero attached hydrogens (tertiary/aromatic N) is 3. The molecule has 2 aromatic heterocycles. The van der Waals surface area contributed by atoms with Crippen LogP contribution in [0, 0.1) is 0 Å². The van der Waals surface area contributed by atoms with E-state index in [-0.39, 0.29) is 30.7 Å². The fourth-order valence-electron chi connectivity index (χ4n) is 2.30. The van der Waals surface area contributed by atoms with Crippen LogP contribution in [-0.2, 0) is 6.54 Å². The Morgan fingerprint density at radius 2 is 2.04 bits per heavy atom. The van der Waals surface area contributed by atoms with Gasteiger partial charge in [-0.15, -0.1) is 36.2 Å². The van der Waals surface area contributed by atoms with Gasteiger partial charge in [-0.2, -0.15) is 0 Å². The van der Waals surface area contributed by atoms with Gasteiger partial charge in [0, 0.05) is 25.0 Å². The number of hydrogen-bond acceptors (Lipinski definition) is 6. The summed E-state index contributed by atoms with van der Waals surface area (Å²) in [5.41, 5.74) is 6.56. The molecule has 9 heteroatoms. The van der Waals surface area contributed by atoms with Gasteiger partial charge in [0.05, 0.1) is 11.9 Å². The van der Waals surface area contributed by atoms with E-state index >= 15 is 0 Å². The van der Waals surface area contributed by atoms with Crippen LogP contribution in [0.3, 0.4) is 0 Å². The summed E-state index contributed by atoms with van der Waals surface area (Å²) in [7, 11) is 0. The number of anilines is 2. The lowest BCUT2D eigenvalue weighted by molar-refractivity contribution is 0.102. The van der Waals surface area contributed by atoms with Gasteiger partial charge in [0.1, 0.15) is 16.5 Å². The molecule has 3 heterocycles. The van der Waals surface area contributed by atoms with Gasteiger partial charge in [0.2, 0.25) is 0 Å². The lowest BCUT2D eigenvalue weighted by Crippen LogP contribution is -2.19. The number of thiazole rings is 1. The predicted molar refractivity (Wildman–Crippen MR) is 98.1 cm³/mol. The fraction of sp³-hybridized carbons (Fsp3) is 0.357. The third kappa shape index (κ3) is 4.78. The monoisotopic (exact) mass is 375 g/mol. The molecule has 0 atom stereocenters. The van der Waals surface area contributed by atoms with Crippen molar-refractivity contribution in [3.63, 3.8) is 0 Å². The predicted octanol–water partition coefficient (Wildman–Crippen LogP) is 2.69. The van der Waals surface area contributed by atoms with Crippen molar-refractivity contribution in [3.8, 4) is 0 Å². The summed E-state index contributed by atoms with van der Waals surface area (Å²) >= 11 is 1.39. The van der Waals surface area contributed by atoms with E-state index in [4.69, 9.17) is 5.73 Å². The molecule has 0 aliphatic carbocycles. The molecule has 1 amide bonds. The second-order valence-corrected chi connectivity index (χ2v) is 5.83. The Balaban J connectivity index is 0.00000132. The van der Waals surface area contributed by atoms with Crippen LogP contribution >= 0.6 is 36.2 Å². The molecule has 1 fully saturated rings. The van der Waals surface area contributed by atoms with Crippen LogP contribution in [0.1, 0.15) is 28.3 Å². The molecule has 1 saturated heterocycles. The van der Waals surface area contributed by atoms with E-state index in [0.717, 1.165) is 23.9 Å². The summed E-state index contributed by atoms with van der Waals surface area (Å²) < 4.78 is 0. The average molecular weight is 376 g/mol. The van der Waals surface area contributed by atoms with Gasteiger partial charge in [-0.1, -0.05) is 0 Å². The molecule has 0 unspecified atom stereocenters. The lowest BCUT2D eigenvalue weighted by Gasteiger charge is -2.16. The highest BCUT2D eigenvalue weighted by atomic mass is 35.5. The number of aromatic nitrogens is 2. The topological polar surface area (TPSA) is 84.1 Å². The maximum atomic E-state index is 12.0. The van der Waals surface area contributed by atoms with Gasteiger partial charge in [0.25, 0.3) is 5.91 Å². The largest absolute Gasteiger partial charge is 0.357 e. The third-order valence-corrected chi connectivity index (χ3v) is 4.27. The highest BCUT2D eigenvalue weighted by molar-refractivity contribution is 7.09. The smallest absolute Gasteiger partial charge is 0.275 e. The van der Waals surface area contributed by atoms with E-state index in [9.17, 15) is 4.79 Å². The second kappa shape index (κ2) is 9.02. The van der Waals surface area contributed by atoms with Crippen LogP contribution in [0.5, 0.6) is 0 Å². The molecular formula is C14H19Cl2N5OS. The quantitative estimate of drug-likeness (QED) is 0.857. The van der Waals surface area contributed by atoms with Crippen molar-refractivity contribution >= 4 is 53.6 Å².